The Balaban J connectivity index is 1.99. The Labute approximate surface area is 147 Å². The summed E-state index contributed by atoms with van der Waals surface area (Å²) in [6.45, 7) is 4.59. The lowest BCUT2D eigenvalue weighted by Gasteiger charge is -2.30. The second kappa shape index (κ2) is 5.60. The molecule has 1 aliphatic rings. The topological polar surface area (TPSA) is 12.0 Å². The van der Waals surface area contributed by atoms with Crippen LogP contribution in [0.2, 0.25) is 5.02 Å². The van der Waals surface area contributed by atoms with Crippen molar-refractivity contribution in [1.29, 1.82) is 0 Å². The van der Waals surface area contributed by atoms with E-state index in [-0.39, 0.29) is 11.5 Å². The molecule has 0 aliphatic heterocycles. The number of halogens is 3. The molecular weight excluding hydrogens is 413 g/mol. The monoisotopic (exact) mass is 427 g/mol. The van der Waals surface area contributed by atoms with Gasteiger partial charge in [0.25, 0.3) is 0 Å². The van der Waals surface area contributed by atoms with E-state index in [1.54, 1.807) is 0 Å². The van der Waals surface area contributed by atoms with E-state index in [4.69, 9.17) is 11.6 Å². The minimum Gasteiger partial charge on any atom is -0.377 e. The molecule has 21 heavy (non-hydrogen) atoms. The zero-order valence-electron chi connectivity index (χ0n) is 11.9. The second-order valence-electron chi connectivity index (χ2n) is 6.21. The maximum Gasteiger partial charge on any atom is 0.0571 e. The van der Waals surface area contributed by atoms with Crippen LogP contribution < -0.4 is 5.32 Å². The van der Waals surface area contributed by atoms with Gasteiger partial charge in [0.15, 0.2) is 0 Å². The molecule has 0 aromatic heterocycles. The van der Waals surface area contributed by atoms with Gasteiger partial charge in [-0.2, -0.15) is 0 Å². The van der Waals surface area contributed by atoms with E-state index >= 15 is 0 Å². The summed E-state index contributed by atoms with van der Waals surface area (Å²) in [5.41, 5.74) is 3.95. The van der Waals surface area contributed by atoms with Crippen LogP contribution >= 0.6 is 43.5 Å². The molecule has 0 bridgehead atoms. The van der Waals surface area contributed by atoms with Gasteiger partial charge in [-0.25, -0.2) is 0 Å². The van der Waals surface area contributed by atoms with Crippen LogP contribution in [0, 0.1) is 5.41 Å². The summed E-state index contributed by atoms with van der Waals surface area (Å²) in [6, 6.07) is 12.7. The van der Waals surface area contributed by atoms with E-state index in [1.807, 2.05) is 12.1 Å². The smallest absolute Gasteiger partial charge is 0.0571 e. The first kappa shape index (κ1) is 15.4. The van der Waals surface area contributed by atoms with Crippen LogP contribution in [-0.4, -0.2) is 0 Å². The molecule has 3 rings (SSSR count). The lowest BCUT2D eigenvalue weighted by atomic mass is 9.85. The van der Waals surface area contributed by atoms with Gasteiger partial charge in [0.2, 0.25) is 0 Å². The summed E-state index contributed by atoms with van der Waals surface area (Å²) in [5, 5.41) is 4.48. The SMILES string of the molecule is CC1(C)Cc2ccc(Cl)cc2C1Nc1ccc(Br)cc1Br. The van der Waals surface area contributed by atoms with Crippen molar-refractivity contribution in [3.8, 4) is 0 Å². The molecule has 0 fully saturated rings. The van der Waals surface area contributed by atoms with Crippen LogP contribution in [0.5, 0.6) is 0 Å². The van der Waals surface area contributed by atoms with Crippen molar-refractivity contribution < 1.29 is 0 Å². The molecule has 2 aromatic carbocycles. The first-order chi connectivity index (χ1) is 9.87. The summed E-state index contributed by atoms with van der Waals surface area (Å²) < 4.78 is 2.12. The fourth-order valence-corrected chi connectivity index (χ4v) is 4.39. The molecule has 0 saturated heterocycles. The van der Waals surface area contributed by atoms with E-state index in [1.165, 1.54) is 11.1 Å². The van der Waals surface area contributed by atoms with Crippen LogP contribution in [0.4, 0.5) is 5.69 Å². The quantitative estimate of drug-likeness (QED) is 0.567. The van der Waals surface area contributed by atoms with Gasteiger partial charge in [0.1, 0.15) is 0 Å². The van der Waals surface area contributed by atoms with Crippen molar-refractivity contribution in [2.75, 3.05) is 5.32 Å². The molecular formula is C17H16Br2ClN. The number of hydrogen-bond acceptors (Lipinski definition) is 1. The normalized spacial score (nSPS) is 19.4. The maximum atomic E-state index is 6.19. The van der Waals surface area contributed by atoms with E-state index in [2.05, 4.69) is 75.3 Å². The molecule has 0 saturated carbocycles. The number of rotatable bonds is 2. The third-order valence-corrected chi connectivity index (χ3v) is 5.46. The standard InChI is InChI=1S/C17H16Br2ClN/c1-17(2)9-10-3-5-12(20)8-13(10)16(17)21-15-6-4-11(18)7-14(15)19/h3-8,16,21H,9H2,1-2H3. The zero-order chi connectivity index (χ0) is 15.2. The van der Waals surface area contributed by atoms with Gasteiger partial charge in [-0.15, -0.1) is 0 Å². The largest absolute Gasteiger partial charge is 0.377 e. The Kier molecular flexibility index (Phi) is 4.10. The Bertz CT molecular complexity index is 697. The number of nitrogens with one attached hydrogen (secondary N) is 1. The average molecular weight is 430 g/mol. The fraction of sp³-hybridized carbons (Fsp3) is 0.294. The summed E-state index contributed by atoms with van der Waals surface area (Å²) in [5.74, 6) is 0. The number of benzene rings is 2. The highest BCUT2D eigenvalue weighted by Gasteiger charge is 2.39. The Morgan fingerprint density at radius 1 is 1.14 bits per heavy atom. The average Bonchev–Trinajstić information content (AvgIpc) is 2.63. The van der Waals surface area contributed by atoms with Crippen LogP contribution in [0.15, 0.2) is 45.3 Å². The molecule has 2 aromatic rings. The van der Waals surface area contributed by atoms with Crippen molar-refractivity contribution in [3.05, 3.63) is 61.5 Å². The van der Waals surface area contributed by atoms with E-state index in [9.17, 15) is 0 Å². The molecule has 110 valence electrons. The molecule has 1 nitrogen and oxygen atoms in total. The van der Waals surface area contributed by atoms with Gasteiger partial charge in [-0.05, 0) is 69.2 Å². The molecule has 1 aliphatic carbocycles. The van der Waals surface area contributed by atoms with E-state index in [0.29, 0.717) is 0 Å². The highest BCUT2D eigenvalue weighted by Crippen LogP contribution is 2.48. The fourth-order valence-electron chi connectivity index (χ4n) is 3.04. The van der Waals surface area contributed by atoms with E-state index < -0.39 is 0 Å². The van der Waals surface area contributed by atoms with Crippen LogP contribution in [0.1, 0.15) is 31.0 Å². The molecule has 0 heterocycles. The van der Waals surface area contributed by atoms with Crippen molar-refractivity contribution >= 4 is 49.1 Å². The molecule has 1 unspecified atom stereocenters. The minimum atomic E-state index is 0.152. The summed E-state index contributed by atoms with van der Waals surface area (Å²) in [6.07, 6.45) is 1.06. The van der Waals surface area contributed by atoms with Crippen LogP contribution in [-0.2, 0) is 6.42 Å². The van der Waals surface area contributed by atoms with Crippen molar-refractivity contribution in [1.82, 2.24) is 0 Å². The van der Waals surface area contributed by atoms with Gasteiger partial charge in [-0.3, -0.25) is 0 Å². The molecule has 0 spiro atoms. The van der Waals surface area contributed by atoms with E-state index in [0.717, 1.165) is 26.1 Å². The van der Waals surface area contributed by atoms with Gasteiger partial charge < -0.3 is 5.32 Å². The third-order valence-electron chi connectivity index (χ3n) is 4.08. The Morgan fingerprint density at radius 2 is 1.90 bits per heavy atom. The molecule has 0 radical (unpaired) electrons. The molecule has 1 N–H and O–H groups in total. The Morgan fingerprint density at radius 3 is 2.62 bits per heavy atom. The predicted octanol–water partition coefficient (Wildman–Crippen LogP) is 6.60. The van der Waals surface area contributed by atoms with Gasteiger partial charge >= 0.3 is 0 Å². The molecule has 4 heteroatoms. The lowest BCUT2D eigenvalue weighted by Crippen LogP contribution is -2.24. The lowest BCUT2D eigenvalue weighted by molar-refractivity contribution is 0.337. The maximum absolute atomic E-state index is 6.19. The highest BCUT2D eigenvalue weighted by molar-refractivity contribution is 9.11. The van der Waals surface area contributed by atoms with Crippen LogP contribution in [0.25, 0.3) is 0 Å². The van der Waals surface area contributed by atoms with Crippen molar-refractivity contribution in [3.63, 3.8) is 0 Å². The summed E-state index contributed by atoms with van der Waals surface area (Å²) in [7, 11) is 0. The van der Waals surface area contributed by atoms with Gasteiger partial charge in [0, 0.05) is 19.7 Å². The molecule has 1 atom stereocenters. The first-order valence-electron chi connectivity index (χ1n) is 6.87. The number of fused-ring (bicyclic) bond motifs is 1. The second-order valence-corrected chi connectivity index (χ2v) is 8.42. The predicted molar refractivity (Wildman–Crippen MR) is 97.1 cm³/mol. The number of hydrogen-bond donors (Lipinski definition) is 1. The molecule has 0 amide bonds. The van der Waals surface area contributed by atoms with Crippen LogP contribution in [0.3, 0.4) is 0 Å². The van der Waals surface area contributed by atoms with Gasteiger partial charge in [-0.1, -0.05) is 47.4 Å². The third kappa shape index (κ3) is 3.01. The summed E-state index contributed by atoms with van der Waals surface area (Å²) >= 11 is 13.3. The Hall–Kier alpha value is -0.510. The van der Waals surface area contributed by atoms with Crippen molar-refractivity contribution in [2.45, 2.75) is 26.3 Å². The number of anilines is 1. The zero-order valence-corrected chi connectivity index (χ0v) is 15.8. The highest BCUT2D eigenvalue weighted by atomic mass is 79.9. The summed E-state index contributed by atoms with van der Waals surface area (Å²) in [4.78, 5) is 0. The minimum absolute atomic E-state index is 0.152. The van der Waals surface area contributed by atoms with Gasteiger partial charge in [0.05, 0.1) is 6.04 Å². The first-order valence-corrected chi connectivity index (χ1v) is 8.83. The van der Waals surface area contributed by atoms with Crippen molar-refractivity contribution in [2.24, 2.45) is 5.41 Å².